The highest BCUT2D eigenvalue weighted by atomic mass is 16.2. The van der Waals surface area contributed by atoms with Gasteiger partial charge in [0.1, 0.15) is 0 Å². The fourth-order valence-corrected chi connectivity index (χ4v) is 2.09. The van der Waals surface area contributed by atoms with Gasteiger partial charge in [-0.05, 0) is 26.3 Å². The van der Waals surface area contributed by atoms with Crippen LogP contribution in [0.3, 0.4) is 0 Å². The molecule has 0 bridgehead atoms. The third-order valence-corrected chi connectivity index (χ3v) is 3.37. The monoisotopic (exact) mass is 305 g/mol. The van der Waals surface area contributed by atoms with Crippen molar-refractivity contribution in [1.82, 2.24) is 25.1 Å². The van der Waals surface area contributed by atoms with Gasteiger partial charge in [-0.15, -0.1) is 0 Å². The van der Waals surface area contributed by atoms with E-state index in [1.54, 1.807) is 17.8 Å². The second kappa shape index (κ2) is 6.42. The van der Waals surface area contributed by atoms with Crippen LogP contribution in [0, 0.1) is 13.8 Å². The van der Waals surface area contributed by atoms with Crippen molar-refractivity contribution < 1.29 is 4.79 Å². The van der Waals surface area contributed by atoms with E-state index in [4.69, 9.17) is 0 Å². The van der Waals surface area contributed by atoms with Gasteiger partial charge in [0.15, 0.2) is 0 Å². The van der Waals surface area contributed by atoms with E-state index in [0.29, 0.717) is 12.2 Å². The first kappa shape index (κ1) is 15.7. The van der Waals surface area contributed by atoms with Gasteiger partial charge in [0, 0.05) is 24.0 Å². The van der Waals surface area contributed by atoms with Crippen molar-refractivity contribution in [3.05, 3.63) is 50.1 Å². The Morgan fingerprint density at radius 2 is 2.09 bits per heavy atom. The lowest BCUT2D eigenvalue weighted by molar-refractivity contribution is -0.120. The Balaban J connectivity index is 1.96. The van der Waals surface area contributed by atoms with Gasteiger partial charge in [0.2, 0.25) is 5.91 Å². The molecule has 22 heavy (non-hydrogen) atoms. The molecule has 2 heterocycles. The molecule has 8 heteroatoms. The highest BCUT2D eigenvalue weighted by Crippen LogP contribution is 2.04. The molecule has 118 valence electrons. The van der Waals surface area contributed by atoms with Crippen LogP contribution in [-0.2, 0) is 11.2 Å². The van der Waals surface area contributed by atoms with E-state index in [1.807, 2.05) is 20.0 Å². The molecule has 8 nitrogen and oxygen atoms in total. The average Bonchev–Trinajstić information content (AvgIpc) is 2.87. The third-order valence-electron chi connectivity index (χ3n) is 3.37. The summed E-state index contributed by atoms with van der Waals surface area (Å²) >= 11 is 0. The minimum atomic E-state index is -0.575. The quantitative estimate of drug-likeness (QED) is 0.709. The molecule has 0 saturated heterocycles. The van der Waals surface area contributed by atoms with Crippen molar-refractivity contribution in [2.75, 3.05) is 6.54 Å². The number of H-pyrrole nitrogens is 2. The summed E-state index contributed by atoms with van der Waals surface area (Å²) in [6, 6.07) is 0.00705. The first-order valence-corrected chi connectivity index (χ1v) is 6.96. The zero-order chi connectivity index (χ0) is 16.3. The lowest BCUT2D eigenvalue weighted by atomic mass is 10.1. The summed E-state index contributed by atoms with van der Waals surface area (Å²) in [6.45, 7) is 5.87. The van der Waals surface area contributed by atoms with Crippen LogP contribution in [-0.4, -0.2) is 32.2 Å². The molecule has 0 aromatic carbocycles. The number of aromatic amines is 2. The smallest absolute Gasteiger partial charge is 0.325 e. The first-order valence-electron chi connectivity index (χ1n) is 6.96. The van der Waals surface area contributed by atoms with Crippen LogP contribution in [0.1, 0.15) is 29.8 Å². The number of aromatic nitrogens is 4. The largest absolute Gasteiger partial charge is 0.354 e. The molecule has 0 fully saturated rings. The predicted molar refractivity (Wildman–Crippen MR) is 80.8 cm³/mol. The summed E-state index contributed by atoms with van der Waals surface area (Å²) in [4.78, 5) is 39.3. The van der Waals surface area contributed by atoms with Crippen LogP contribution in [0.25, 0.3) is 0 Å². The molecule has 2 aromatic heterocycles. The summed E-state index contributed by atoms with van der Waals surface area (Å²) < 4.78 is 1.77. The summed E-state index contributed by atoms with van der Waals surface area (Å²) in [6.07, 6.45) is 3.57. The molecule has 0 aliphatic carbocycles. The van der Waals surface area contributed by atoms with Gasteiger partial charge in [-0.25, -0.2) is 4.79 Å². The number of carbonyl (C=O) groups is 1. The maximum Gasteiger partial charge on any atom is 0.325 e. The van der Waals surface area contributed by atoms with Gasteiger partial charge >= 0.3 is 5.69 Å². The molecule has 2 rings (SSSR count). The van der Waals surface area contributed by atoms with Crippen molar-refractivity contribution in [2.45, 2.75) is 33.2 Å². The molecule has 2 aromatic rings. The van der Waals surface area contributed by atoms with E-state index in [-0.39, 0.29) is 23.9 Å². The fraction of sp³-hybridized carbons (Fsp3) is 0.429. The molecule has 0 spiro atoms. The number of amides is 1. The third kappa shape index (κ3) is 3.72. The van der Waals surface area contributed by atoms with E-state index in [2.05, 4.69) is 20.4 Å². The molecule has 1 amide bonds. The number of hydrogen-bond donors (Lipinski definition) is 3. The number of carbonyl (C=O) groups excluding carboxylic acids is 1. The minimum Gasteiger partial charge on any atom is -0.354 e. The van der Waals surface area contributed by atoms with Gasteiger partial charge < -0.3 is 10.3 Å². The standard InChI is InChI=1S/C14H19N5O3/c1-8-5-16-19(7-8)9(2)6-15-12(20)4-11-10(3)17-14(22)18-13(11)21/h5,7,9H,4,6H2,1-3H3,(H,15,20)(H2,17,18,21,22)/t9-/m0/s1. The molecule has 0 saturated carbocycles. The van der Waals surface area contributed by atoms with Crippen LogP contribution in [0.5, 0.6) is 0 Å². The second-order valence-electron chi connectivity index (χ2n) is 5.34. The maximum atomic E-state index is 12.0. The number of hydrogen-bond acceptors (Lipinski definition) is 4. The normalized spacial score (nSPS) is 12.1. The Hall–Kier alpha value is -2.64. The van der Waals surface area contributed by atoms with E-state index >= 15 is 0 Å². The summed E-state index contributed by atoms with van der Waals surface area (Å²) in [7, 11) is 0. The Morgan fingerprint density at radius 1 is 1.36 bits per heavy atom. The lowest BCUT2D eigenvalue weighted by Crippen LogP contribution is -2.34. The average molecular weight is 305 g/mol. The van der Waals surface area contributed by atoms with Crippen molar-refractivity contribution in [3.8, 4) is 0 Å². The van der Waals surface area contributed by atoms with Crippen molar-refractivity contribution >= 4 is 5.91 Å². The van der Waals surface area contributed by atoms with Crippen LogP contribution >= 0.6 is 0 Å². The van der Waals surface area contributed by atoms with Crippen molar-refractivity contribution in [3.63, 3.8) is 0 Å². The van der Waals surface area contributed by atoms with Crippen LogP contribution in [0.4, 0.5) is 0 Å². The highest BCUT2D eigenvalue weighted by Gasteiger charge is 2.13. The number of aryl methyl sites for hydroxylation is 2. The van der Waals surface area contributed by atoms with E-state index < -0.39 is 11.2 Å². The molecular weight excluding hydrogens is 286 g/mol. The van der Waals surface area contributed by atoms with Gasteiger partial charge in [-0.2, -0.15) is 5.10 Å². The molecule has 0 radical (unpaired) electrons. The van der Waals surface area contributed by atoms with Gasteiger partial charge in [-0.1, -0.05) is 0 Å². The maximum absolute atomic E-state index is 12.0. The molecule has 0 aliphatic rings. The topological polar surface area (TPSA) is 113 Å². The highest BCUT2D eigenvalue weighted by molar-refractivity contribution is 5.78. The number of rotatable bonds is 5. The summed E-state index contributed by atoms with van der Waals surface area (Å²) in [5.41, 5.74) is 0.606. The lowest BCUT2D eigenvalue weighted by Gasteiger charge is -2.13. The van der Waals surface area contributed by atoms with E-state index in [1.165, 1.54) is 0 Å². The Kier molecular flexibility index (Phi) is 4.59. The SMILES string of the molecule is Cc1cnn([C@@H](C)CNC(=O)Cc2c(C)[nH]c(=O)[nH]c2=O)c1. The molecule has 3 N–H and O–H groups in total. The molecule has 0 aliphatic heterocycles. The first-order chi connectivity index (χ1) is 10.4. The Labute approximate surface area is 126 Å². The zero-order valence-corrected chi connectivity index (χ0v) is 12.8. The Morgan fingerprint density at radius 3 is 2.68 bits per heavy atom. The fourth-order valence-electron chi connectivity index (χ4n) is 2.09. The summed E-state index contributed by atoms with van der Waals surface area (Å²) in [5.74, 6) is -0.281. The minimum absolute atomic E-state index is 0.00705. The van der Waals surface area contributed by atoms with Crippen LogP contribution < -0.4 is 16.6 Å². The molecule has 0 unspecified atom stereocenters. The van der Waals surface area contributed by atoms with Gasteiger partial charge in [0.05, 0.1) is 18.7 Å². The number of nitrogens with zero attached hydrogens (tertiary/aromatic N) is 2. The van der Waals surface area contributed by atoms with Gasteiger partial charge in [-0.3, -0.25) is 19.3 Å². The number of nitrogens with one attached hydrogen (secondary N) is 3. The molecule has 1 atom stereocenters. The van der Waals surface area contributed by atoms with Crippen molar-refractivity contribution in [2.24, 2.45) is 0 Å². The van der Waals surface area contributed by atoms with Crippen molar-refractivity contribution in [1.29, 1.82) is 0 Å². The van der Waals surface area contributed by atoms with E-state index in [0.717, 1.165) is 5.56 Å². The van der Waals surface area contributed by atoms with Gasteiger partial charge in [0.25, 0.3) is 5.56 Å². The summed E-state index contributed by atoms with van der Waals surface area (Å²) in [5, 5.41) is 6.95. The van der Waals surface area contributed by atoms with E-state index in [9.17, 15) is 14.4 Å². The molecular formula is C14H19N5O3. The Bertz CT molecular complexity index is 786. The van der Waals surface area contributed by atoms with Crippen LogP contribution in [0.2, 0.25) is 0 Å². The second-order valence-corrected chi connectivity index (χ2v) is 5.34. The zero-order valence-electron chi connectivity index (χ0n) is 12.8. The predicted octanol–water partition coefficient (Wildman–Crippen LogP) is -0.204. The van der Waals surface area contributed by atoms with Crippen LogP contribution in [0.15, 0.2) is 22.0 Å².